The summed E-state index contributed by atoms with van der Waals surface area (Å²) in [7, 11) is 0. The van der Waals surface area contributed by atoms with E-state index in [1.807, 2.05) is 0 Å². The number of rotatable bonds is 0. The molecule has 1 heterocycles. The van der Waals surface area contributed by atoms with Crippen molar-refractivity contribution in [3.63, 3.8) is 0 Å². The topological polar surface area (TPSA) is 12.9 Å². The molecule has 0 atom stereocenters. The number of benzene rings is 1. The summed E-state index contributed by atoms with van der Waals surface area (Å²) in [5, 5.41) is 0.630. The molecule has 0 fully saturated rings. The van der Waals surface area contributed by atoms with E-state index in [2.05, 4.69) is 20.9 Å². The van der Waals surface area contributed by atoms with Gasteiger partial charge in [-0.3, -0.25) is 0 Å². The van der Waals surface area contributed by atoms with Gasteiger partial charge in [-0.25, -0.2) is 4.98 Å². The maximum absolute atomic E-state index is 12.9. The van der Waals surface area contributed by atoms with E-state index in [1.165, 1.54) is 6.92 Å². The Morgan fingerprint density at radius 2 is 1.78 bits per heavy atom. The van der Waals surface area contributed by atoms with Gasteiger partial charge in [-0.2, -0.15) is 13.2 Å². The summed E-state index contributed by atoms with van der Waals surface area (Å²) in [6.07, 6.45) is -4.50. The van der Waals surface area contributed by atoms with Gasteiger partial charge in [-0.1, -0.05) is 33.6 Å². The molecule has 0 unspecified atom stereocenters. The number of alkyl halides is 3. The summed E-state index contributed by atoms with van der Waals surface area (Å²) in [6.45, 7) is 3.03. The highest BCUT2D eigenvalue weighted by molar-refractivity contribution is 9.10. The molecule has 18 heavy (non-hydrogen) atoms. The molecule has 0 aliphatic rings. The molecule has 0 amide bonds. The summed E-state index contributed by atoms with van der Waals surface area (Å²) >= 11 is 9.28. The van der Waals surface area contributed by atoms with Crippen molar-refractivity contribution in [2.24, 2.45) is 0 Å². The van der Waals surface area contributed by atoms with Gasteiger partial charge in [0.15, 0.2) is 0 Å². The summed E-state index contributed by atoms with van der Waals surface area (Å²) in [6, 6.07) is 3.41. The number of nitrogens with zero attached hydrogens (tertiary/aromatic N) is 1. The lowest BCUT2D eigenvalue weighted by Gasteiger charge is -2.14. The third-order valence-corrected chi connectivity index (χ3v) is 4.12. The highest BCUT2D eigenvalue weighted by Crippen LogP contribution is 2.38. The first-order valence-corrected chi connectivity index (χ1v) is 6.22. The third-order valence-electron chi connectivity index (χ3n) is 2.78. The molecule has 0 saturated carbocycles. The van der Waals surface area contributed by atoms with Crippen LogP contribution >= 0.6 is 27.5 Å². The number of hydrogen-bond donors (Lipinski definition) is 0. The van der Waals surface area contributed by atoms with Gasteiger partial charge in [0.05, 0.1) is 10.5 Å². The lowest BCUT2D eigenvalue weighted by molar-refractivity contribution is -0.141. The van der Waals surface area contributed by atoms with Crippen molar-refractivity contribution in [2.75, 3.05) is 0 Å². The van der Waals surface area contributed by atoms with Crippen molar-refractivity contribution in [2.45, 2.75) is 20.0 Å². The monoisotopic (exact) mass is 337 g/mol. The fourth-order valence-electron chi connectivity index (χ4n) is 1.77. The predicted molar refractivity (Wildman–Crippen MR) is 68.9 cm³/mol. The zero-order chi connectivity index (χ0) is 13.7. The smallest absolute Gasteiger partial charge is 0.243 e. The summed E-state index contributed by atoms with van der Waals surface area (Å²) in [5.74, 6) is 0. The van der Waals surface area contributed by atoms with Gasteiger partial charge < -0.3 is 0 Å². The van der Waals surface area contributed by atoms with E-state index in [4.69, 9.17) is 11.6 Å². The fraction of sp³-hybridized carbons (Fsp3) is 0.250. The van der Waals surface area contributed by atoms with Crippen LogP contribution in [0.2, 0.25) is 5.02 Å². The molecular formula is C12H8BrClF3N. The Labute approximate surface area is 115 Å². The number of aryl methyl sites for hydroxylation is 1. The first-order valence-electron chi connectivity index (χ1n) is 5.05. The van der Waals surface area contributed by atoms with Crippen LogP contribution in [0.3, 0.4) is 0 Å². The Kier molecular flexibility index (Phi) is 3.32. The molecule has 0 spiro atoms. The second kappa shape index (κ2) is 4.38. The molecule has 1 aromatic heterocycles. The lowest BCUT2D eigenvalue weighted by atomic mass is 10.1. The molecule has 0 aliphatic heterocycles. The largest absolute Gasteiger partial charge is 0.433 e. The number of pyridine rings is 1. The SMILES string of the molecule is Cc1c(C(F)(F)F)nc2c(C)c(Br)ccc2c1Cl. The molecule has 0 bridgehead atoms. The number of halogens is 5. The first kappa shape index (κ1) is 13.6. The lowest BCUT2D eigenvalue weighted by Crippen LogP contribution is -2.11. The molecule has 0 saturated heterocycles. The predicted octanol–water partition coefficient (Wildman–Crippen LogP) is 5.29. The second-order valence-corrected chi connectivity index (χ2v) is 5.20. The van der Waals surface area contributed by atoms with Gasteiger partial charge in [-0.05, 0) is 31.0 Å². The molecule has 2 aromatic rings. The molecule has 0 aliphatic carbocycles. The maximum Gasteiger partial charge on any atom is 0.433 e. The molecule has 96 valence electrons. The van der Waals surface area contributed by atoms with Gasteiger partial charge in [-0.15, -0.1) is 0 Å². The van der Waals surface area contributed by atoms with Crippen molar-refractivity contribution in [3.8, 4) is 0 Å². The fourth-order valence-corrected chi connectivity index (χ4v) is 2.34. The van der Waals surface area contributed by atoms with Crippen LogP contribution in [0.4, 0.5) is 13.2 Å². The Morgan fingerprint density at radius 1 is 1.17 bits per heavy atom. The quantitative estimate of drug-likeness (QED) is 0.636. The number of fused-ring (bicyclic) bond motifs is 1. The van der Waals surface area contributed by atoms with E-state index >= 15 is 0 Å². The van der Waals surface area contributed by atoms with E-state index in [9.17, 15) is 13.2 Å². The van der Waals surface area contributed by atoms with Crippen molar-refractivity contribution in [3.05, 3.63) is 38.4 Å². The highest BCUT2D eigenvalue weighted by atomic mass is 79.9. The Bertz CT molecular complexity index is 637. The van der Waals surface area contributed by atoms with Gasteiger partial charge in [0, 0.05) is 9.86 Å². The summed E-state index contributed by atoms with van der Waals surface area (Å²) < 4.78 is 39.3. The van der Waals surface area contributed by atoms with E-state index in [0.29, 0.717) is 15.4 Å². The Morgan fingerprint density at radius 3 is 2.33 bits per heavy atom. The average molecular weight is 339 g/mol. The maximum atomic E-state index is 12.9. The molecular weight excluding hydrogens is 330 g/mol. The molecule has 2 rings (SSSR count). The average Bonchev–Trinajstić information content (AvgIpc) is 2.26. The van der Waals surface area contributed by atoms with E-state index in [1.54, 1.807) is 19.1 Å². The van der Waals surface area contributed by atoms with Gasteiger partial charge in [0.25, 0.3) is 0 Å². The van der Waals surface area contributed by atoms with Crippen LogP contribution in [0.1, 0.15) is 16.8 Å². The van der Waals surface area contributed by atoms with Crippen LogP contribution in [0.5, 0.6) is 0 Å². The van der Waals surface area contributed by atoms with Crippen molar-refractivity contribution < 1.29 is 13.2 Å². The Hall–Kier alpha value is -0.810. The van der Waals surface area contributed by atoms with Crippen LogP contribution in [0.15, 0.2) is 16.6 Å². The highest BCUT2D eigenvalue weighted by Gasteiger charge is 2.36. The number of aromatic nitrogens is 1. The van der Waals surface area contributed by atoms with Crippen LogP contribution < -0.4 is 0 Å². The zero-order valence-electron chi connectivity index (χ0n) is 9.49. The molecule has 1 aromatic carbocycles. The van der Waals surface area contributed by atoms with Gasteiger partial charge in [0.2, 0.25) is 0 Å². The van der Waals surface area contributed by atoms with Crippen molar-refractivity contribution in [1.29, 1.82) is 0 Å². The molecule has 0 N–H and O–H groups in total. The summed E-state index contributed by atoms with van der Waals surface area (Å²) in [4.78, 5) is 3.73. The van der Waals surface area contributed by atoms with Crippen molar-refractivity contribution >= 4 is 38.4 Å². The van der Waals surface area contributed by atoms with Crippen LogP contribution in [0.25, 0.3) is 10.9 Å². The minimum absolute atomic E-state index is 0.0432. The minimum Gasteiger partial charge on any atom is -0.243 e. The molecule has 6 heteroatoms. The molecule has 0 radical (unpaired) electrons. The van der Waals surface area contributed by atoms with E-state index in [0.717, 1.165) is 0 Å². The van der Waals surface area contributed by atoms with Crippen LogP contribution in [-0.2, 0) is 6.18 Å². The minimum atomic E-state index is -4.50. The van der Waals surface area contributed by atoms with Crippen LogP contribution in [-0.4, -0.2) is 4.98 Å². The third kappa shape index (κ3) is 2.10. The molecule has 1 nitrogen and oxygen atoms in total. The van der Waals surface area contributed by atoms with Gasteiger partial charge in [0.1, 0.15) is 5.69 Å². The zero-order valence-corrected chi connectivity index (χ0v) is 11.8. The van der Waals surface area contributed by atoms with Crippen LogP contribution in [0, 0.1) is 13.8 Å². The van der Waals surface area contributed by atoms with Gasteiger partial charge >= 0.3 is 6.18 Å². The standard InChI is InChI=1S/C12H8BrClF3N/c1-5-8(13)4-3-7-9(14)6(2)11(12(15,16)17)18-10(5)7/h3-4H,1-2H3. The normalized spacial score (nSPS) is 12.2. The van der Waals surface area contributed by atoms with Crippen molar-refractivity contribution in [1.82, 2.24) is 4.98 Å². The van der Waals surface area contributed by atoms with E-state index < -0.39 is 11.9 Å². The first-order chi connectivity index (χ1) is 8.23. The summed E-state index contributed by atoms with van der Waals surface area (Å²) in [5.41, 5.74) is -0.0632. The Balaban J connectivity index is 2.94. The second-order valence-electron chi connectivity index (χ2n) is 3.97. The van der Waals surface area contributed by atoms with E-state index in [-0.39, 0.29) is 16.1 Å². The number of hydrogen-bond acceptors (Lipinski definition) is 1.